The van der Waals surface area contributed by atoms with Gasteiger partial charge >= 0.3 is 109 Å². The first-order chi connectivity index (χ1) is 49.6. The van der Waals surface area contributed by atoms with Crippen LogP contribution in [0.3, 0.4) is 0 Å². The molecule has 0 atom stereocenters. The van der Waals surface area contributed by atoms with E-state index in [4.69, 9.17) is 26.3 Å². The second kappa shape index (κ2) is 54.8. The van der Waals surface area contributed by atoms with Crippen LogP contribution in [0.25, 0.3) is 89.0 Å². The number of rotatable bonds is 10. The van der Waals surface area contributed by atoms with E-state index >= 15 is 0 Å². The molecule has 2 radical (unpaired) electrons. The van der Waals surface area contributed by atoms with Crippen molar-refractivity contribution in [2.45, 2.75) is 166 Å². The van der Waals surface area contributed by atoms with Crippen LogP contribution in [-0.2, 0) is 41.8 Å². The van der Waals surface area contributed by atoms with Crippen molar-refractivity contribution < 1.29 is 68.1 Å². The molecule has 12 rings (SSSR count). The summed E-state index contributed by atoms with van der Waals surface area (Å²) in [5.74, 6) is 0. The molecule has 19 heteroatoms. The predicted octanol–water partition coefficient (Wildman–Crippen LogP) is 17.7. The summed E-state index contributed by atoms with van der Waals surface area (Å²) >= 11 is 0. The van der Waals surface area contributed by atoms with E-state index in [-0.39, 0.29) is 186 Å². The van der Waals surface area contributed by atoms with Gasteiger partial charge in [0.2, 0.25) is 0 Å². The van der Waals surface area contributed by atoms with Crippen LogP contribution in [0.4, 0.5) is 0 Å². The number of benzene rings is 12. The minimum atomic E-state index is -0.810. The first kappa shape index (κ1) is 117. The summed E-state index contributed by atoms with van der Waals surface area (Å²) < 4.78 is 0. The molecule has 115 heavy (non-hydrogen) atoms. The fraction of sp³-hybridized carbons (Fsp3) is 0.250. The van der Waals surface area contributed by atoms with Crippen molar-refractivity contribution in [1.82, 2.24) is 0 Å². The average molecular weight is 2690 g/mol. The van der Waals surface area contributed by atoms with E-state index in [1.807, 2.05) is 0 Å². The molecule has 0 unspecified atom stereocenters. The van der Waals surface area contributed by atoms with Gasteiger partial charge < -0.3 is 58.3 Å². The maximum Gasteiger partial charge on any atom is 3.00 e. The van der Waals surface area contributed by atoms with E-state index in [2.05, 4.69) is 375 Å². The van der Waals surface area contributed by atoms with Crippen LogP contribution < -0.4 is 26.3 Å². The Kier molecular flexibility index (Phi) is 55.8. The van der Waals surface area contributed by atoms with Crippen LogP contribution in [0, 0.1) is 190 Å². The van der Waals surface area contributed by atoms with E-state index in [9.17, 15) is 0 Å². The van der Waals surface area contributed by atoms with Crippen LogP contribution >= 0.6 is 0 Å². The minimum absolute atomic E-state index is 0. The molecule has 584 valence electrons. The van der Waals surface area contributed by atoms with Gasteiger partial charge in [-0.3, -0.25) is 4.82 Å². The minimum Gasteiger partial charge on any atom is -2.00 e. The molecular weight excluding hydrogens is 2590 g/mol. The van der Waals surface area contributed by atoms with E-state index < -0.39 is 4.82 Å². The third-order valence-corrected chi connectivity index (χ3v) is 18.8. The van der Waals surface area contributed by atoms with Crippen molar-refractivity contribution in [3.05, 3.63) is 328 Å². The Morgan fingerprint density at radius 2 is 0.296 bits per heavy atom. The molecule has 0 saturated carbocycles. The van der Waals surface area contributed by atoms with Gasteiger partial charge in [0.15, 0.2) is 0 Å². The average Bonchev–Trinajstić information content (AvgIpc) is 0.802. The molecule has 13 nitrogen and oxygen atoms in total. The Morgan fingerprint density at radius 1 is 0.209 bits per heavy atom. The SMILES string of the molecule is Cc1cc(C)c(-c2[c-]c(-c3c(C)cc(C)cc3C)ccc2)c(C)c1.Cc1cc(C)c(-c2[c-]c(-c3c(C)cc(C)cc3C)ccc2)c(C)c1.Cc1cc(C)c(-c2[c-]c(-c3c(C)cc(C)cc3C)ccc2)c(C)c1.Cc1cc(C)c(-c2[c-]c(-c3c(C)cc(C)cc3C)ccc2)c(C)c1.[O-2].[O-2].[O-2].[O-2].[O-]OO[O-].[O-]O[O+]([O-])[O-].[Tl+3].[Tl+3].[Tl+3].[Tl+3].[Tl].[Tl]. The van der Waals surface area contributed by atoms with Crippen molar-refractivity contribution in [1.29, 1.82) is 0 Å². The zero-order valence-corrected chi connectivity index (χ0v) is 97.9. The molecule has 0 saturated heterocycles. The molecule has 0 aliphatic heterocycles. The molecule has 0 fully saturated rings. The zero-order chi connectivity index (χ0) is 77.4. The summed E-state index contributed by atoms with van der Waals surface area (Å²) in [5.41, 5.74) is 51.5. The van der Waals surface area contributed by atoms with E-state index in [1.165, 1.54) is 223 Å². The maximum atomic E-state index is 8.56. The van der Waals surface area contributed by atoms with Gasteiger partial charge in [-0.25, -0.2) is 0 Å². The predicted molar refractivity (Wildman–Crippen MR) is 460 cm³/mol. The van der Waals surface area contributed by atoms with Gasteiger partial charge in [-0.1, -0.05) is 275 Å². The van der Waals surface area contributed by atoms with Gasteiger partial charge in [0, 0.05) is 54.6 Å². The Morgan fingerprint density at radius 3 is 0.365 bits per heavy atom. The van der Waals surface area contributed by atoms with Gasteiger partial charge in [0.1, 0.15) is 0 Å². The molecule has 0 heterocycles. The third kappa shape index (κ3) is 32.2. The van der Waals surface area contributed by atoms with E-state index in [1.54, 1.807) is 0 Å². The topological polar surface area (TPSA) is 260 Å². The molecule has 12 aromatic carbocycles. The largest absolute Gasteiger partial charge is 3.00 e. The van der Waals surface area contributed by atoms with Crippen LogP contribution in [0.2, 0.25) is 0 Å². The molecule has 0 aliphatic rings. The van der Waals surface area contributed by atoms with Gasteiger partial charge in [-0.2, -0.15) is 0 Å². The number of aryl methyl sites for hydroxylation is 24. The van der Waals surface area contributed by atoms with Crippen molar-refractivity contribution in [2.75, 3.05) is 0 Å². The Bertz CT molecular complexity index is 4000. The van der Waals surface area contributed by atoms with Crippen molar-refractivity contribution in [3.8, 4) is 89.0 Å². The number of hydrogen-bond donors (Lipinski definition) is 0. The first-order valence-electron chi connectivity index (χ1n) is 35.4. The molecule has 0 bridgehead atoms. The molecular formula is C96H100O13Tl6-4. The Hall–Kier alpha value is -4.35. The number of hydrogen-bond acceptors (Lipinski definition) is 8. The Balaban J connectivity index is -0.000000669. The summed E-state index contributed by atoms with van der Waals surface area (Å²) in [7, 11) is 0. The summed E-state index contributed by atoms with van der Waals surface area (Å²) in [6.45, 7) is 52.3. The summed E-state index contributed by atoms with van der Waals surface area (Å²) in [4.78, 5) is -0.810. The molecule has 0 N–H and O–H groups in total. The second-order valence-electron chi connectivity index (χ2n) is 28.5. The maximum absolute atomic E-state index is 8.56. The van der Waals surface area contributed by atoms with Crippen LogP contribution in [0.1, 0.15) is 134 Å². The summed E-state index contributed by atoms with van der Waals surface area (Å²) in [6.07, 6.45) is 0. The monoisotopic (exact) mass is 2690 g/mol. The normalized spacial score (nSPS) is 9.79. The van der Waals surface area contributed by atoms with Gasteiger partial charge in [-0.05, 0) is 166 Å². The standard InChI is InChI=1S/4C24H25.HO5.H2O4.4O.6Tl/c4*1-15-10-17(3)23(18(4)11-15)21-8-7-9-22(14-21)24-19(5)12-16(2)13-20(24)6;1-4-5(2)3;1-3-4-2;;;;;;;;;;/h4*7-13H,1-6H3;1H;1-2H;;;;;;;;;;/q5*-1;;4*-2;;;4*+3/p-3. The van der Waals surface area contributed by atoms with Crippen molar-refractivity contribution >= 4 is 164 Å². The quantitative estimate of drug-likeness (QED) is 0.0417. The summed E-state index contributed by atoms with van der Waals surface area (Å²) in [6, 6.07) is 76.8. The third-order valence-electron chi connectivity index (χ3n) is 18.8. The van der Waals surface area contributed by atoms with Gasteiger partial charge in [-0.15, -0.1) is 147 Å². The van der Waals surface area contributed by atoms with Crippen molar-refractivity contribution in [3.63, 3.8) is 0 Å². The van der Waals surface area contributed by atoms with Gasteiger partial charge in [0.25, 0.3) is 0 Å². The Labute approximate surface area is 805 Å². The molecule has 0 amide bonds. The fourth-order valence-corrected chi connectivity index (χ4v) is 15.9. The van der Waals surface area contributed by atoms with Crippen LogP contribution in [0.5, 0.6) is 0 Å². The zero-order valence-electron chi connectivity index (χ0n) is 70.9. The van der Waals surface area contributed by atoms with Crippen LogP contribution in [-0.4, -0.2) is 164 Å². The smallest absolute Gasteiger partial charge is 2.00 e. The van der Waals surface area contributed by atoms with Crippen molar-refractivity contribution in [2.24, 2.45) is 0 Å². The molecule has 12 aromatic rings. The second-order valence-corrected chi connectivity index (χ2v) is 28.5. The molecule has 0 aliphatic carbocycles. The molecule has 0 aromatic heterocycles. The first-order valence-corrected chi connectivity index (χ1v) is 35.4. The fourth-order valence-electron chi connectivity index (χ4n) is 15.9. The summed E-state index contributed by atoms with van der Waals surface area (Å²) in [5, 5.41) is 48.6. The molecule has 0 spiro atoms. The van der Waals surface area contributed by atoms with Gasteiger partial charge in [0.05, 0.1) is 0 Å². The van der Waals surface area contributed by atoms with Crippen LogP contribution in [0.15, 0.2) is 170 Å². The van der Waals surface area contributed by atoms with E-state index in [0.717, 1.165) is 0 Å². The van der Waals surface area contributed by atoms with E-state index in [0.29, 0.717) is 0 Å².